The quantitative estimate of drug-likeness (QED) is 0.849. The molecular weight excluding hydrogens is 244 g/mol. The van der Waals surface area contributed by atoms with Gasteiger partial charge >= 0.3 is 0 Å². The van der Waals surface area contributed by atoms with Gasteiger partial charge in [-0.15, -0.1) is 0 Å². The highest BCUT2D eigenvalue weighted by Crippen LogP contribution is 2.15. The van der Waals surface area contributed by atoms with E-state index in [0.717, 1.165) is 13.1 Å². The molecule has 0 amide bonds. The number of likely N-dealkylation sites (tertiary alicyclic amines) is 1. The van der Waals surface area contributed by atoms with Gasteiger partial charge in [0, 0.05) is 19.1 Å². The Morgan fingerprint density at radius 2 is 1.65 bits per heavy atom. The van der Waals surface area contributed by atoms with E-state index in [0.29, 0.717) is 12.0 Å². The fourth-order valence-electron chi connectivity index (χ4n) is 2.93. The van der Waals surface area contributed by atoms with Gasteiger partial charge in [0.15, 0.2) is 0 Å². The van der Waals surface area contributed by atoms with Crippen LogP contribution in [0, 0.1) is 0 Å². The fourth-order valence-corrected chi connectivity index (χ4v) is 2.93. The van der Waals surface area contributed by atoms with E-state index in [2.05, 4.69) is 55.3 Å². The highest BCUT2D eigenvalue weighted by molar-refractivity contribution is 5.24. The molecule has 1 aliphatic heterocycles. The maximum Gasteiger partial charge on any atom is 0.0206 e. The molecule has 1 unspecified atom stereocenters. The summed E-state index contributed by atoms with van der Waals surface area (Å²) in [6.45, 7) is 11.5. The Labute approximate surface area is 124 Å². The van der Waals surface area contributed by atoms with E-state index in [9.17, 15) is 0 Å². The molecule has 0 saturated carbocycles. The van der Waals surface area contributed by atoms with Crippen LogP contribution in [0.3, 0.4) is 0 Å². The van der Waals surface area contributed by atoms with Crippen molar-refractivity contribution in [1.29, 1.82) is 0 Å². The van der Waals surface area contributed by atoms with Gasteiger partial charge in [-0.3, -0.25) is 4.90 Å². The molecule has 0 bridgehead atoms. The van der Waals surface area contributed by atoms with Gasteiger partial charge in [-0.05, 0) is 49.9 Å². The summed E-state index contributed by atoms with van der Waals surface area (Å²) in [7, 11) is 0. The predicted octanol–water partition coefficient (Wildman–Crippen LogP) is 3.77. The van der Waals surface area contributed by atoms with Gasteiger partial charge in [-0.25, -0.2) is 0 Å². The van der Waals surface area contributed by atoms with Crippen molar-refractivity contribution in [2.45, 2.75) is 58.5 Å². The van der Waals surface area contributed by atoms with E-state index >= 15 is 0 Å². The highest BCUT2D eigenvalue weighted by atomic mass is 15.2. The second kappa shape index (κ2) is 7.80. The lowest BCUT2D eigenvalue weighted by atomic mass is 10.0. The third-order valence-corrected chi connectivity index (χ3v) is 4.43. The Balaban J connectivity index is 1.72. The SMILES string of the molecule is CC(C)c1ccc(CNCC(C)N2CCCCC2)cc1. The molecule has 0 spiro atoms. The molecule has 2 nitrogen and oxygen atoms in total. The van der Waals surface area contributed by atoms with Crippen LogP contribution in [0.1, 0.15) is 57.1 Å². The molecule has 1 heterocycles. The Kier molecular flexibility index (Phi) is 6.06. The van der Waals surface area contributed by atoms with Crippen LogP contribution in [0.15, 0.2) is 24.3 Å². The number of piperidine rings is 1. The van der Waals surface area contributed by atoms with E-state index in [1.165, 1.54) is 43.5 Å². The molecule has 2 rings (SSSR count). The zero-order valence-corrected chi connectivity index (χ0v) is 13.4. The lowest BCUT2D eigenvalue weighted by Crippen LogP contribution is -2.42. The third-order valence-electron chi connectivity index (χ3n) is 4.43. The number of rotatable bonds is 6. The first-order valence-electron chi connectivity index (χ1n) is 8.20. The largest absolute Gasteiger partial charge is 0.311 e. The van der Waals surface area contributed by atoms with E-state index in [-0.39, 0.29) is 0 Å². The first-order chi connectivity index (χ1) is 9.66. The maximum absolute atomic E-state index is 3.61. The summed E-state index contributed by atoms with van der Waals surface area (Å²) in [4.78, 5) is 2.62. The zero-order valence-electron chi connectivity index (χ0n) is 13.4. The lowest BCUT2D eigenvalue weighted by molar-refractivity contribution is 0.170. The van der Waals surface area contributed by atoms with Crippen LogP contribution in [-0.2, 0) is 6.54 Å². The van der Waals surface area contributed by atoms with Gasteiger partial charge in [0.25, 0.3) is 0 Å². The van der Waals surface area contributed by atoms with E-state index in [1.807, 2.05) is 0 Å². The van der Waals surface area contributed by atoms with Crippen LogP contribution in [0.2, 0.25) is 0 Å². The van der Waals surface area contributed by atoms with Crippen molar-refractivity contribution in [3.8, 4) is 0 Å². The summed E-state index contributed by atoms with van der Waals surface area (Å²) in [6, 6.07) is 9.69. The van der Waals surface area contributed by atoms with E-state index in [4.69, 9.17) is 0 Å². The molecule has 1 aliphatic rings. The van der Waals surface area contributed by atoms with E-state index in [1.54, 1.807) is 0 Å². The fraction of sp³-hybridized carbons (Fsp3) is 0.667. The summed E-state index contributed by atoms with van der Waals surface area (Å²) in [5, 5.41) is 3.61. The van der Waals surface area contributed by atoms with Gasteiger partial charge in [0.2, 0.25) is 0 Å². The number of benzene rings is 1. The minimum Gasteiger partial charge on any atom is -0.311 e. The van der Waals surface area contributed by atoms with Gasteiger partial charge < -0.3 is 5.32 Å². The van der Waals surface area contributed by atoms with Crippen molar-refractivity contribution in [2.75, 3.05) is 19.6 Å². The average molecular weight is 274 g/mol. The van der Waals surface area contributed by atoms with Crippen LogP contribution < -0.4 is 5.32 Å². The topological polar surface area (TPSA) is 15.3 Å². The molecular formula is C18H30N2. The van der Waals surface area contributed by atoms with Gasteiger partial charge in [-0.2, -0.15) is 0 Å². The minimum absolute atomic E-state index is 0.621. The lowest BCUT2D eigenvalue weighted by Gasteiger charge is -2.32. The molecule has 1 fully saturated rings. The van der Waals surface area contributed by atoms with Crippen LogP contribution in [-0.4, -0.2) is 30.6 Å². The monoisotopic (exact) mass is 274 g/mol. The maximum atomic E-state index is 3.61. The Hall–Kier alpha value is -0.860. The summed E-state index contributed by atoms with van der Waals surface area (Å²) >= 11 is 0. The van der Waals surface area contributed by atoms with Crippen molar-refractivity contribution in [3.05, 3.63) is 35.4 Å². The molecule has 0 aliphatic carbocycles. The highest BCUT2D eigenvalue weighted by Gasteiger charge is 2.15. The number of nitrogens with zero attached hydrogens (tertiary/aromatic N) is 1. The molecule has 1 aromatic carbocycles. The standard InChI is InChI=1S/C18H30N2/c1-15(2)18-9-7-17(8-10-18)14-19-13-16(3)20-11-5-4-6-12-20/h7-10,15-16,19H,4-6,11-14H2,1-3H3. The second-order valence-electron chi connectivity index (χ2n) is 6.47. The first-order valence-corrected chi connectivity index (χ1v) is 8.20. The molecule has 0 aromatic heterocycles. The van der Waals surface area contributed by atoms with Crippen molar-refractivity contribution in [2.24, 2.45) is 0 Å². The molecule has 1 N–H and O–H groups in total. The first kappa shape index (κ1) is 15.5. The molecule has 1 saturated heterocycles. The smallest absolute Gasteiger partial charge is 0.0206 e. The molecule has 1 aromatic rings. The Bertz CT molecular complexity index is 377. The van der Waals surface area contributed by atoms with Gasteiger partial charge in [0.1, 0.15) is 0 Å². The number of nitrogens with one attached hydrogen (secondary N) is 1. The Morgan fingerprint density at radius 3 is 2.25 bits per heavy atom. The summed E-state index contributed by atoms with van der Waals surface area (Å²) in [5.41, 5.74) is 2.82. The third kappa shape index (κ3) is 4.60. The van der Waals surface area contributed by atoms with E-state index < -0.39 is 0 Å². The summed E-state index contributed by atoms with van der Waals surface area (Å²) in [5.74, 6) is 0.621. The van der Waals surface area contributed by atoms with Crippen molar-refractivity contribution in [3.63, 3.8) is 0 Å². The Morgan fingerprint density at radius 1 is 1.00 bits per heavy atom. The van der Waals surface area contributed by atoms with Crippen LogP contribution in [0.5, 0.6) is 0 Å². The molecule has 112 valence electrons. The van der Waals surface area contributed by atoms with Crippen molar-refractivity contribution >= 4 is 0 Å². The van der Waals surface area contributed by atoms with Gasteiger partial charge in [0.05, 0.1) is 0 Å². The minimum atomic E-state index is 0.621. The molecule has 20 heavy (non-hydrogen) atoms. The second-order valence-corrected chi connectivity index (χ2v) is 6.47. The molecule has 0 radical (unpaired) electrons. The van der Waals surface area contributed by atoms with Crippen LogP contribution >= 0.6 is 0 Å². The van der Waals surface area contributed by atoms with Crippen molar-refractivity contribution < 1.29 is 0 Å². The average Bonchev–Trinajstić information content (AvgIpc) is 2.48. The summed E-state index contributed by atoms with van der Waals surface area (Å²) in [6.07, 6.45) is 4.17. The number of hydrogen-bond donors (Lipinski definition) is 1. The molecule has 1 atom stereocenters. The zero-order chi connectivity index (χ0) is 14.4. The van der Waals surface area contributed by atoms with Crippen LogP contribution in [0.4, 0.5) is 0 Å². The predicted molar refractivity (Wildman–Crippen MR) is 87.1 cm³/mol. The van der Waals surface area contributed by atoms with Crippen LogP contribution in [0.25, 0.3) is 0 Å². The molecule has 2 heteroatoms. The van der Waals surface area contributed by atoms with Gasteiger partial charge in [-0.1, -0.05) is 44.5 Å². The summed E-state index contributed by atoms with van der Waals surface area (Å²) < 4.78 is 0. The number of hydrogen-bond acceptors (Lipinski definition) is 2. The normalized spacial score (nSPS) is 18.4. The van der Waals surface area contributed by atoms with Crippen molar-refractivity contribution in [1.82, 2.24) is 10.2 Å².